The van der Waals surface area contributed by atoms with E-state index in [1.807, 2.05) is 19.9 Å². The van der Waals surface area contributed by atoms with Crippen LogP contribution in [-0.2, 0) is 6.54 Å². The van der Waals surface area contributed by atoms with E-state index in [1.54, 1.807) is 6.07 Å². The largest absolute Gasteiger partial charge is 0.422 e. The number of hydrogen-bond acceptors (Lipinski definition) is 4. The number of fused-ring (bicyclic) bond motifs is 1. The van der Waals surface area contributed by atoms with Gasteiger partial charge in [-0.2, -0.15) is 0 Å². The van der Waals surface area contributed by atoms with Crippen molar-refractivity contribution in [1.29, 1.82) is 0 Å². The summed E-state index contributed by atoms with van der Waals surface area (Å²) in [5, 5.41) is 14.1. The maximum absolute atomic E-state index is 11.8. The lowest BCUT2D eigenvalue weighted by molar-refractivity contribution is 0.116. The summed E-state index contributed by atoms with van der Waals surface area (Å²) >= 11 is 0. The molecule has 0 atom stereocenters. The molecule has 0 saturated heterocycles. The van der Waals surface area contributed by atoms with E-state index in [4.69, 9.17) is 4.42 Å². The van der Waals surface area contributed by atoms with Gasteiger partial charge in [-0.25, -0.2) is 4.79 Å². The van der Waals surface area contributed by atoms with Crippen molar-refractivity contribution in [3.05, 3.63) is 45.3 Å². The molecule has 0 spiro atoms. The molecule has 1 heterocycles. The van der Waals surface area contributed by atoms with Gasteiger partial charge in [0.25, 0.3) is 0 Å². The van der Waals surface area contributed by atoms with Gasteiger partial charge in [0.1, 0.15) is 5.58 Å². The Kier molecular flexibility index (Phi) is 4.32. The molecule has 1 aliphatic rings. The highest BCUT2D eigenvalue weighted by Crippen LogP contribution is 2.24. The highest BCUT2D eigenvalue weighted by atomic mass is 16.4. The summed E-state index contributed by atoms with van der Waals surface area (Å²) < 4.78 is 5.40. The van der Waals surface area contributed by atoms with E-state index < -0.39 is 0 Å². The molecule has 3 rings (SSSR count). The molecule has 2 aromatic rings. The zero-order chi connectivity index (χ0) is 15.7. The fourth-order valence-corrected chi connectivity index (χ4v) is 3.21. The van der Waals surface area contributed by atoms with Gasteiger partial charge in [0.05, 0.1) is 6.10 Å². The third-order valence-electron chi connectivity index (χ3n) is 4.80. The van der Waals surface area contributed by atoms with Crippen LogP contribution in [0.3, 0.4) is 0 Å². The summed E-state index contributed by atoms with van der Waals surface area (Å²) in [7, 11) is 0. The van der Waals surface area contributed by atoms with Gasteiger partial charge in [0.15, 0.2) is 0 Å². The van der Waals surface area contributed by atoms with Crippen LogP contribution in [0.2, 0.25) is 0 Å². The molecule has 1 aliphatic carbocycles. The molecule has 0 aliphatic heterocycles. The highest BCUT2D eigenvalue weighted by Gasteiger charge is 2.19. The third-order valence-corrected chi connectivity index (χ3v) is 4.80. The van der Waals surface area contributed by atoms with Crippen molar-refractivity contribution in [1.82, 2.24) is 5.32 Å². The van der Waals surface area contributed by atoms with Crippen molar-refractivity contribution in [3.63, 3.8) is 0 Å². The maximum atomic E-state index is 11.8. The molecule has 1 aromatic carbocycles. The van der Waals surface area contributed by atoms with Crippen LogP contribution >= 0.6 is 0 Å². The van der Waals surface area contributed by atoms with Crippen LogP contribution < -0.4 is 10.9 Å². The van der Waals surface area contributed by atoms with Crippen LogP contribution in [0.5, 0.6) is 0 Å². The lowest BCUT2D eigenvalue weighted by atomic mass is 9.93. The Bertz CT molecular complexity index is 727. The summed E-state index contributed by atoms with van der Waals surface area (Å²) in [6.07, 6.45) is 3.53. The van der Waals surface area contributed by atoms with Crippen LogP contribution in [0.15, 0.2) is 27.4 Å². The van der Waals surface area contributed by atoms with Crippen molar-refractivity contribution >= 4 is 11.0 Å². The summed E-state index contributed by atoms with van der Waals surface area (Å²) in [4.78, 5) is 11.8. The number of rotatable bonds is 3. The second kappa shape index (κ2) is 6.23. The first-order valence-corrected chi connectivity index (χ1v) is 7.99. The lowest BCUT2D eigenvalue weighted by Gasteiger charge is -2.26. The standard InChI is InChI=1S/C18H23NO3/c1-11-3-8-16-13(9-17(21)22-18(16)12(11)2)10-19-14-4-6-15(20)7-5-14/h3,8-9,14-15,19-20H,4-7,10H2,1-2H3. The van der Waals surface area contributed by atoms with Gasteiger partial charge in [-0.15, -0.1) is 0 Å². The Hall–Kier alpha value is -1.65. The summed E-state index contributed by atoms with van der Waals surface area (Å²) in [6, 6.07) is 6.10. The Morgan fingerprint density at radius 1 is 1.23 bits per heavy atom. The Labute approximate surface area is 130 Å². The quantitative estimate of drug-likeness (QED) is 0.856. The monoisotopic (exact) mass is 301 g/mol. The average molecular weight is 301 g/mol. The topological polar surface area (TPSA) is 62.5 Å². The van der Waals surface area contributed by atoms with Gasteiger partial charge in [0, 0.05) is 24.0 Å². The number of hydrogen-bond donors (Lipinski definition) is 2. The summed E-state index contributed by atoms with van der Waals surface area (Å²) in [5.74, 6) is 0. The molecule has 22 heavy (non-hydrogen) atoms. The van der Waals surface area contributed by atoms with E-state index in [-0.39, 0.29) is 11.7 Å². The first-order chi connectivity index (χ1) is 10.5. The van der Waals surface area contributed by atoms with Gasteiger partial charge >= 0.3 is 5.63 Å². The van der Waals surface area contributed by atoms with Crippen molar-refractivity contribution in [2.45, 2.75) is 58.2 Å². The molecule has 2 N–H and O–H groups in total. The molecule has 0 unspecified atom stereocenters. The minimum atomic E-state index is -0.294. The molecule has 1 aromatic heterocycles. The number of nitrogens with one attached hydrogen (secondary N) is 1. The first kappa shape index (κ1) is 15.3. The molecule has 0 bridgehead atoms. The number of aliphatic hydroxyl groups is 1. The van der Waals surface area contributed by atoms with Crippen LogP contribution in [0.4, 0.5) is 0 Å². The number of aliphatic hydroxyl groups excluding tert-OH is 1. The zero-order valence-electron chi connectivity index (χ0n) is 13.2. The minimum absolute atomic E-state index is 0.145. The van der Waals surface area contributed by atoms with Crippen molar-refractivity contribution in [2.24, 2.45) is 0 Å². The lowest BCUT2D eigenvalue weighted by Crippen LogP contribution is -2.34. The predicted molar refractivity (Wildman–Crippen MR) is 87.1 cm³/mol. The van der Waals surface area contributed by atoms with Crippen molar-refractivity contribution < 1.29 is 9.52 Å². The van der Waals surface area contributed by atoms with Gasteiger partial charge in [-0.1, -0.05) is 12.1 Å². The van der Waals surface area contributed by atoms with Crippen molar-refractivity contribution in [2.75, 3.05) is 0 Å². The normalized spacial score (nSPS) is 22.1. The molecule has 1 saturated carbocycles. The Morgan fingerprint density at radius 3 is 2.68 bits per heavy atom. The van der Waals surface area contributed by atoms with Crippen LogP contribution in [0.25, 0.3) is 11.0 Å². The van der Waals surface area contributed by atoms with Crippen LogP contribution in [0.1, 0.15) is 42.4 Å². The third kappa shape index (κ3) is 3.08. The summed E-state index contributed by atoms with van der Waals surface area (Å²) in [5.41, 5.74) is 3.54. The molecular weight excluding hydrogens is 278 g/mol. The fraction of sp³-hybridized carbons (Fsp3) is 0.500. The Morgan fingerprint density at radius 2 is 1.95 bits per heavy atom. The van der Waals surface area contributed by atoms with Gasteiger partial charge in [0.2, 0.25) is 0 Å². The molecule has 4 nitrogen and oxygen atoms in total. The average Bonchev–Trinajstić information content (AvgIpc) is 2.50. The SMILES string of the molecule is Cc1ccc2c(CNC3CCC(O)CC3)cc(=O)oc2c1C. The van der Waals surface area contributed by atoms with E-state index >= 15 is 0 Å². The zero-order valence-corrected chi connectivity index (χ0v) is 13.2. The van der Waals surface area contributed by atoms with E-state index in [2.05, 4.69) is 11.4 Å². The second-order valence-corrected chi connectivity index (χ2v) is 6.36. The van der Waals surface area contributed by atoms with E-state index in [9.17, 15) is 9.90 Å². The number of aryl methyl sites for hydroxylation is 2. The Balaban J connectivity index is 1.84. The molecular formula is C18H23NO3. The molecule has 0 amide bonds. The van der Waals surface area contributed by atoms with Crippen LogP contribution in [-0.4, -0.2) is 17.3 Å². The minimum Gasteiger partial charge on any atom is -0.422 e. The second-order valence-electron chi connectivity index (χ2n) is 6.36. The smallest absolute Gasteiger partial charge is 0.336 e. The van der Waals surface area contributed by atoms with Gasteiger partial charge < -0.3 is 14.8 Å². The molecule has 4 heteroatoms. The molecule has 118 valence electrons. The van der Waals surface area contributed by atoms with Crippen LogP contribution in [0, 0.1) is 13.8 Å². The van der Waals surface area contributed by atoms with E-state index in [0.29, 0.717) is 18.2 Å². The first-order valence-electron chi connectivity index (χ1n) is 7.99. The molecule has 1 fully saturated rings. The number of benzene rings is 1. The summed E-state index contributed by atoms with van der Waals surface area (Å²) in [6.45, 7) is 4.67. The van der Waals surface area contributed by atoms with Gasteiger partial charge in [-0.05, 0) is 56.2 Å². The van der Waals surface area contributed by atoms with Gasteiger partial charge in [-0.3, -0.25) is 0 Å². The molecule has 0 radical (unpaired) electrons. The maximum Gasteiger partial charge on any atom is 0.336 e. The van der Waals surface area contributed by atoms with Crippen molar-refractivity contribution in [3.8, 4) is 0 Å². The fourth-order valence-electron chi connectivity index (χ4n) is 3.21. The predicted octanol–water partition coefficient (Wildman–Crippen LogP) is 2.80. The highest BCUT2D eigenvalue weighted by molar-refractivity contribution is 5.83. The van der Waals surface area contributed by atoms with E-state index in [0.717, 1.165) is 47.8 Å². The van der Waals surface area contributed by atoms with E-state index in [1.165, 1.54) is 0 Å².